The van der Waals surface area contributed by atoms with E-state index in [2.05, 4.69) is 14.6 Å². The van der Waals surface area contributed by atoms with Crippen molar-refractivity contribution in [1.82, 2.24) is 9.84 Å². The number of nitrogens with zero attached hydrogens (tertiary/aromatic N) is 2. The fraction of sp³-hybridized carbons (Fsp3) is 0.235. The summed E-state index contributed by atoms with van der Waals surface area (Å²) in [5.41, 5.74) is 7.24. The molecule has 0 saturated carbocycles. The van der Waals surface area contributed by atoms with Gasteiger partial charge in [0, 0.05) is 17.0 Å². The average molecular weight is 415 g/mol. The fourth-order valence-corrected chi connectivity index (χ4v) is 2.72. The molecule has 0 radical (unpaired) electrons. The zero-order valence-electron chi connectivity index (χ0n) is 14.7. The Morgan fingerprint density at radius 2 is 1.79 bits per heavy atom. The van der Waals surface area contributed by atoms with Gasteiger partial charge in [0.1, 0.15) is 5.75 Å². The van der Waals surface area contributed by atoms with E-state index < -0.39 is 6.36 Å². The van der Waals surface area contributed by atoms with Crippen molar-refractivity contribution in [2.45, 2.75) is 17.8 Å². The molecule has 0 spiro atoms. The van der Waals surface area contributed by atoms with Gasteiger partial charge >= 0.3 is 6.36 Å². The second kappa shape index (κ2) is 10.2. The second-order valence-corrected chi connectivity index (χ2v) is 6.48. The Balaban J connectivity index is 1.93. The van der Waals surface area contributed by atoms with Gasteiger partial charge in [-0.1, -0.05) is 24.3 Å². The Morgan fingerprint density at radius 1 is 1.14 bits per heavy atom. The predicted molar refractivity (Wildman–Crippen MR) is 101 cm³/mol. The maximum absolute atomic E-state index is 12.2. The lowest BCUT2D eigenvalue weighted by Crippen LogP contribution is -2.29. The first-order valence-corrected chi connectivity index (χ1v) is 8.90. The first-order valence-electron chi connectivity index (χ1n) is 8.09. The van der Waals surface area contributed by atoms with Crippen molar-refractivity contribution >= 4 is 17.8 Å². The molecule has 11 heteroatoms. The lowest BCUT2D eigenvalue weighted by molar-refractivity contribution is -0.274. The van der Waals surface area contributed by atoms with Crippen molar-refractivity contribution in [3.63, 3.8) is 0 Å². The number of nitrogens with one attached hydrogen (secondary N) is 1. The molecule has 0 aromatic heterocycles. The van der Waals surface area contributed by atoms with Crippen molar-refractivity contribution < 1.29 is 23.0 Å². The van der Waals surface area contributed by atoms with Crippen molar-refractivity contribution in [1.29, 1.82) is 0 Å². The summed E-state index contributed by atoms with van der Waals surface area (Å²) in [7, 11) is 0. The van der Waals surface area contributed by atoms with Crippen molar-refractivity contribution in [3.05, 3.63) is 59.7 Å². The quantitative estimate of drug-likeness (QED) is 0.124. The van der Waals surface area contributed by atoms with Gasteiger partial charge in [-0.25, -0.2) is 11.0 Å². The van der Waals surface area contributed by atoms with Gasteiger partial charge in [0.05, 0.1) is 13.2 Å². The third-order valence-corrected chi connectivity index (χ3v) is 4.15. The lowest BCUT2D eigenvalue weighted by atomic mass is 10.2. The molecule has 0 bridgehead atoms. The van der Waals surface area contributed by atoms with Crippen LogP contribution in [0.15, 0.2) is 58.5 Å². The molecular formula is C17H20F3N5O2S. The molecule has 6 N–H and O–H groups in total. The van der Waals surface area contributed by atoms with Crippen LogP contribution < -0.4 is 21.0 Å². The number of rotatable bonds is 9. The Kier molecular flexibility index (Phi) is 7.93. The van der Waals surface area contributed by atoms with Gasteiger partial charge in [0.2, 0.25) is 0 Å². The van der Waals surface area contributed by atoms with E-state index in [-0.39, 0.29) is 24.7 Å². The van der Waals surface area contributed by atoms with E-state index in [0.29, 0.717) is 17.7 Å². The molecular weight excluding hydrogens is 395 g/mol. The van der Waals surface area contributed by atoms with E-state index in [0.717, 1.165) is 10.0 Å². The summed E-state index contributed by atoms with van der Waals surface area (Å²) in [5.74, 6) is 5.69. The zero-order chi connectivity index (χ0) is 20.6. The number of aliphatic hydroxyl groups excluding tert-OH is 1. The minimum Gasteiger partial charge on any atom is -0.406 e. The molecule has 2 rings (SSSR count). The fourth-order valence-electron chi connectivity index (χ4n) is 2.09. The van der Waals surface area contributed by atoms with E-state index in [1.54, 1.807) is 12.1 Å². The van der Waals surface area contributed by atoms with Crippen LogP contribution in [0.5, 0.6) is 5.75 Å². The first kappa shape index (κ1) is 21.8. The SMILES string of the molecule is N/C(=N\N(N)Cc1ccc(OC(F)(F)F)cc1)c1ccc(SNCCO)cc1. The van der Waals surface area contributed by atoms with Crippen LogP contribution in [0.3, 0.4) is 0 Å². The summed E-state index contributed by atoms with van der Waals surface area (Å²) < 4.78 is 43.3. The summed E-state index contributed by atoms with van der Waals surface area (Å²) in [6, 6.07) is 12.5. The molecule has 0 unspecified atom stereocenters. The summed E-state index contributed by atoms with van der Waals surface area (Å²) in [6.45, 7) is 0.669. The third kappa shape index (κ3) is 7.64. The van der Waals surface area contributed by atoms with Crippen molar-refractivity contribution in [3.8, 4) is 5.75 Å². The van der Waals surface area contributed by atoms with Gasteiger partial charge in [-0.2, -0.15) is 0 Å². The van der Waals surface area contributed by atoms with Gasteiger partial charge < -0.3 is 15.6 Å². The van der Waals surface area contributed by atoms with Gasteiger partial charge in [0.15, 0.2) is 5.84 Å². The number of alkyl halides is 3. The highest BCUT2D eigenvalue weighted by Crippen LogP contribution is 2.23. The van der Waals surface area contributed by atoms with Gasteiger partial charge in [-0.3, -0.25) is 4.72 Å². The van der Waals surface area contributed by atoms with Crippen LogP contribution in [0.2, 0.25) is 0 Å². The number of hydrazine groups is 1. The summed E-state index contributed by atoms with van der Waals surface area (Å²) >= 11 is 1.38. The van der Waals surface area contributed by atoms with Crippen LogP contribution in [0.1, 0.15) is 11.1 Å². The van der Waals surface area contributed by atoms with Gasteiger partial charge in [-0.05, 0) is 41.8 Å². The number of benzene rings is 2. The first-order chi connectivity index (χ1) is 13.3. The predicted octanol–water partition coefficient (Wildman–Crippen LogP) is 2.17. The van der Waals surface area contributed by atoms with Crippen LogP contribution in [0.25, 0.3) is 0 Å². The molecule has 0 aliphatic heterocycles. The van der Waals surface area contributed by atoms with Crippen LogP contribution in [0.4, 0.5) is 13.2 Å². The molecule has 0 amide bonds. The van der Waals surface area contributed by atoms with E-state index in [9.17, 15) is 13.2 Å². The highest BCUT2D eigenvalue weighted by Gasteiger charge is 2.30. The number of amidine groups is 1. The molecule has 0 aliphatic rings. The van der Waals surface area contributed by atoms with Crippen LogP contribution in [-0.4, -0.2) is 35.6 Å². The summed E-state index contributed by atoms with van der Waals surface area (Å²) in [6.07, 6.45) is -4.73. The summed E-state index contributed by atoms with van der Waals surface area (Å²) in [5, 5.41) is 13.9. The maximum Gasteiger partial charge on any atom is 0.573 e. The number of aliphatic hydroxyl groups is 1. The van der Waals surface area contributed by atoms with Gasteiger partial charge in [-0.15, -0.1) is 18.3 Å². The van der Waals surface area contributed by atoms with E-state index in [1.165, 1.54) is 36.2 Å². The smallest absolute Gasteiger partial charge is 0.406 e. The minimum absolute atomic E-state index is 0.0507. The number of nitrogens with two attached hydrogens (primary N) is 2. The molecule has 2 aromatic carbocycles. The largest absolute Gasteiger partial charge is 0.573 e. The molecule has 0 saturated heterocycles. The minimum atomic E-state index is -4.73. The molecule has 7 nitrogen and oxygen atoms in total. The van der Waals surface area contributed by atoms with Crippen LogP contribution in [-0.2, 0) is 6.54 Å². The van der Waals surface area contributed by atoms with Crippen LogP contribution >= 0.6 is 11.9 Å². The number of hydrogen-bond acceptors (Lipinski definition) is 7. The topological polar surface area (TPSA) is 109 Å². The Morgan fingerprint density at radius 3 is 2.36 bits per heavy atom. The monoisotopic (exact) mass is 415 g/mol. The highest BCUT2D eigenvalue weighted by molar-refractivity contribution is 7.97. The van der Waals surface area contributed by atoms with Crippen LogP contribution in [0, 0.1) is 0 Å². The van der Waals surface area contributed by atoms with Gasteiger partial charge in [0.25, 0.3) is 0 Å². The Hall–Kier alpha value is -2.47. The Labute approximate surface area is 164 Å². The Bertz CT molecular complexity index is 770. The molecule has 2 aromatic rings. The summed E-state index contributed by atoms with van der Waals surface area (Å²) in [4.78, 5) is 0.941. The average Bonchev–Trinajstić information content (AvgIpc) is 2.63. The van der Waals surface area contributed by atoms with Crippen molar-refractivity contribution in [2.75, 3.05) is 13.2 Å². The lowest BCUT2D eigenvalue weighted by Gasteiger charge is -2.15. The molecule has 0 atom stereocenters. The van der Waals surface area contributed by atoms with Crippen molar-refractivity contribution in [2.24, 2.45) is 16.7 Å². The number of hydrazone groups is 1. The number of ether oxygens (including phenoxy) is 1. The normalized spacial score (nSPS) is 12.1. The number of halogens is 3. The molecule has 0 aliphatic carbocycles. The van der Waals surface area contributed by atoms with E-state index in [4.69, 9.17) is 16.7 Å². The second-order valence-electron chi connectivity index (χ2n) is 5.52. The molecule has 0 heterocycles. The van der Waals surface area contributed by atoms with E-state index >= 15 is 0 Å². The highest BCUT2D eigenvalue weighted by atomic mass is 32.2. The zero-order valence-corrected chi connectivity index (χ0v) is 15.5. The van der Waals surface area contributed by atoms with E-state index in [1.807, 2.05) is 12.1 Å². The number of hydrogen-bond donors (Lipinski definition) is 4. The molecule has 0 fully saturated rings. The standard InChI is InChI=1S/C17H20F3N5O2S/c18-17(19,20)27-14-5-1-12(2-6-14)11-25(22)24-16(21)13-3-7-15(8-4-13)28-23-9-10-26/h1-8,23,26H,9-11,22H2,(H2,21,24). The maximum atomic E-state index is 12.2. The molecule has 152 valence electrons. The third-order valence-electron chi connectivity index (χ3n) is 3.29. The molecule has 28 heavy (non-hydrogen) atoms.